The van der Waals surface area contributed by atoms with Crippen molar-refractivity contribution in [1.82, 2.24) is 4.90 Å². The van der Waals surface area contributed by atoms with Crippen LogP contribution in [0, 0.1) is 17.8 Å². The summed E-state index contributed by atoms with van der Waals surface area (Å²) in [5.41, 5.74) is 6.12. The zero-order valence-electron chi connectivity index (χ0n) is 14.1. The van der Waals surface area contributed by atoms with Crippen LogP contribution in [0.15, 0.2) is 0 Å². The molecular formula is C17H36N2O. The topological polar surface area (TPSA) is 38.5 Å². The summed E-state index contributed by atoms with van der Waals surface area (Å²) >= 11 is 0. The summed E-state index contributed by atoms with van der Waals surface area (Å²) in [7, 11) is 0. The van der Waals surface area contributed by atoms with Crippen LogP contribution in [0.4, 0.5) is 0 Å². The normalized spacial score (nSPS) is 21.9. The van der Waals surface area contributed by atoms with Gasteiger partial charge in [0.15, 0.2) is 0 Å². The second-order valence-electron chi connectivity index (χ2n) is 7.18. The lowest BCUT2D eigenvalue weighted by Crippen LogP contribution is -2.49. The van der Waals surface area contributed by atoms with Crippen molar-refractivity contribution in [3.05, 3.63) is 0 Å². The highest BCUT2D eigenvalue weighted by Gasteiger charge is 2.28. The SMILES string of the molecule is CC(C)CCN(CCC(C)C)C(CN)C1CCCOC1. The van der Waals surface area contributed by atoms with Gasteiger partial charge in [0.2, 0.25) is 0 Å². The Morgan fingerprint density at radius 3 is 2.10 bits per heavy atom. The van der Waals surface area contributed by atoms with Crippen LogP contribution in [-0.2, 0) is 4.74 Å². The molecule has 0 aromatic heterocycles. The Morgan fingerprint density at radius 1 is 1.10 bits per heavy atom. The molecule has 1 saturated heterocycles. The number of nitrogens with two attached hydrogens (primary N) is 1. The molecule has 0 radical (unpaired) electrons. The molecule has 1 rings (SSSR count). The average molecular weight is 284 g/mol. The van der Waals surface area contributed by atoms with Gasteiger partial charge in [0.1, 0.15) is 0 Å². The van der Waals surface area contributed by atoms with Crippen LogP contribution >= 0.6 is 0 Å². The summed E-state index contributed by atoms with van der Waals surface area (Å²) in [6, 6.07) is 0.507. The lowest BCUT2D eigenvalue weighted by atomic mass is 9.91. The van der Waals surface area contributed by atoms with Crippen molar-refractivity contribution in [2.24, 2.45) is 23.5 Å². The number of hydrogen-bond donors (Lipinski definition) is 1. The molecule has 2 unspecified atom stereocenters. The van der Waals surface area contributed by atoms with Crippen LogP contribution < -0.4 is 5.73 Å². The van der Waals surface area contributed by atoms with Crippen LogP contribution in [0.25, 0.3) is 0 Å². The van der Waals surface area contributed by atoms with E-state index in [1.54, 1.807) is 0 Å². The fourth-order valence-electron chi connectivity index (χ4n) is 3.00. The molecule has 1 heterocycles. The Hall–Kier alpha value is -0.120. The Bertz CT molecular complexity index is 225. The van der Waals surface area contributed by atoms with E-state index < -0.39 is 0 Å². The molecule has 0 aliphatic carbocycles. The van der Waals surface area contributed by atoms with Crippen molar-refractivity contribution >= 4 is 0 Å². The molecule has 0 saturated carbocycles. The molecule has 0 aromatic rings. The van der Waals surface area contributed by atoms with E-state index in [0.717, 1.165) is 31.6 Å². The zero-order valence-corrected chi connectivity index (χ0v) is 14.1. The van der Waals surface area contributed by atoms with Gasteiger partial charge >= 0.3 is 0 Å². The summed E-state index contributed by atoms with van der Waals surface area (Å²) in [5.74, 6) is 2.16. The van der Waals surface area contributed by atoms with E-state index >= 15 is 0 Å². The molecule has 1 fully saturated rings. The molecule has 120 valence electrons. The van der Waals surface area contributed by atoms with Gasteiger partial charge in [-0.15, -0.1) is 0 Å². The van der Waals surface area contributed by atoms with Crippen molar-refractivity contribution in [3.8, 4) is 0 Å². The van der Waals surface area contributed by atoms with E-state index in [0.29, 0.717) is 12.0 Å². The third-order valence-corrected chi connectivity index (χ3v) is 4.44. The lowest BCUT2D eigenvalue weighted by molar-refractivity contribution is 0.00902. The maximum atomic E-state index is 6.12. The second-order valence-corrected chi connectivity index (χ2v) is 7.18. The Labute approximate surface area is 126 Å². The standard InChI is InChI=1S/C17H36N2O/c1-14(2)7-9-19(10-8-15(3)4)17(12-18)16-6-5-11-20-13-16/h14-17H,5-13,18H2,1-4H3. The maximum absolute atomic E-state index is 6.12. The van der Waals surface area contributed by atoms with Gasteiger partial charge in [-0.2, -0.15) is 0 Å². The van der Waals surface area contributed by atoms with Crippen LogP contribution in [-0.4, -0.2) is 43.8 Å². The first-order chi connectivity index (χ1) is 9.54. The molecule has 3 nitrogen and oxygen atoms in total. The second kappa shape index (κ2) is 9.75. The highest BCUT2D eigenvalue weighted by molar-refractivity contribution is 4.82. The average Bonchev–Trinajstić information content (AvgIpc) is 2.42. The van der Waals surface area contributed by atoms with Crippen LogP contribution in [0.2, 0.25) is 0 Å². The fourth-order valence-corrected chi connectivity index (χ4v) is 3.00. The number of nitrogens with zero attached hydrogens (tertiary/aromatic N) is 1. The summed E-state index contributed by atoms with van der Waals surface area (Å²) in [6.07, 6.45) is 5.01. The van der Waals surface area contributed by atoms with Gasteiger partial charge < -0.3 is 10.5 Å². The van der Waals surface area contributed by atoms with E-state index in [4.69, 9.17) is 10.5 Å². The Kier molecular flexibility index (Phi) is 8.74. The molecule has 0 bridgehead atoms. The van der Waals surface area contributed by atoms with Gasteiger partial charge in [-0.3, -0.25) is 4.90 Å². The molecule has 2 atom stereocenters. The monoisotopic (exact) mass is 284 g/mol. The van der Waals surface area contributed by atoms with Crippen molar-refractivity contribution < 1.29 is 4.74 Å². The minimum Gasteiger partial charge on any atom is -0.381 e. The van der Waals surface area contributed by atoms with E-state index in [-0.39, 0.29) is 0 Å². The van der Waals surface area contributed by atoms with Gasteiger partial charge in [0.05, 0.1) is 6.61 Å². The molecular weight excluding hydrogens is 248 g/mol. The van der Waals surface area contributed by atoms with Gasteiger partial charge in [0, 0.05) is 19.2 Å². The summed E-state index contributed by atoms with van der Waals surface area (Å²) < 4.78 is 5.68. The van der Waals surface area contributed by atoms with Crippen molar-refractivity contribution in [1.29, 1.82) is 0 Å². The molecule has 3 heteroatoms. The van der Waals surface area contributed by atoms with Crippen molar-refractivity contribution in [2.75, 3.05) is 32.8 Å². The highest BCUT2D eigenvalue weighted by Crippen LogP contribution is 2.22. The van der Waals surface area contributed by atoms with Crippen LogP contribution in [0.1, 0.15) is 53.4 Å². The molecule has 0 amide bonds. The zero-order chi connectivity index (χ0) is 15.0. The van der Waals surface area contributed by atoms with E-state index in [1.165, 1.54) is 38.8 Å². The predicted molar refractivity (Wildman–Crippen MR) is 86.9 cm³/mol. The van der Waals surface area contributed by atoms with Crippen LogP contribution in [0.3, 0.4) is 0 Å². The smallest absolute Gasteiger partial charge is 0.0509 e. The van der Waals surface area contributed by atoms with Gasteiger partial charge in [-0.25, -0.2) is 0 Å². The molecule has 0 spiro atoms. The van der Waals surface area contributed by atoms with E-state index in [2.05, 4.69) is 32.6 Å². The largest absolute Gasteiger partial charge is 0.381 e. The minimum atomic E-state index is 0.507. The maximum Gasteiger partial charge on any atom is 0.0509 e. The van der Waals surface area contributed by atoms with Gasteiger partial charge in [-0.05, 0) is 56.5 Å². The van der Waals surface area contributed by atoms with Gasteiger partial charge in [0.25, 0.3) is 0 Å². The summed E-state index contributed by atoms with van der Waals surface area (Å²) in [4.78, 5) is 2.65. The highest BCUT2D eigenvalue weighted by atomic mass is 16.5. The molecule has 20 heavy (non-hydrogen) atoms. The predicted octanol–water partition coefficient (Wildman–Crippen LogP) is 3.13. The quantitative estimate of drug-likeness (QED) is 0.707. The lowest BCUT2D eigenvalue weighted by Gasteiger charge is -2.38. The molecule has 0 aromatic carbocycles. The number of ether oxygens (including phenoxy) is 1. The third-order valence-electron chi connectivity index (χ3n) is 4.44. The first-order valence-electron chi connectivity index (χ1n) is 8.56. The molecule has 1 aliphatic rings. The summed E-state index contributed by atoms with van der Waals surface area (Å²) in [5, 5.41) is 0. The Balaban J connectivity index is 2.59. The van der Waals surface area contributed by atoms with Crippen molar-refractivity contribution in [2.45, 2.75) is 59.4 Å². The first-order valence-corrected chi connectivity index (χ1v) is 8.56. The fraction of sp³-hybridized carbons (Fsp3) is 1.00. The number of hydrogen-bond acceptors (Lipinski definition) is 3. The molecule has 1 aliphatic heterocycles. The van der Waals surface area contributed by atoms with Crippen molar-refractivity contribution in [3.63, 3.8) is 0 Å². The summed E-state index contributed by atoms with van der Waals surface area (Å²) in [6.45, 7) is 14.2. The van der Waals surface area contributed by atoms with E-state index in [1.807, 2.05) is 0 Å². The number of rotatable bonds is 9. The van der Waals surface area contributed by atoms with Crippen LogP contribution in [0.5, 0.6) is 0 Å². The third kappa shape index (κ3) is 6.55. The van der Waals surface area contributed by atoms with E-state index in [9.17, 15) is 0 Å². The Morgan fingerprint density at radius 2 is 1.70 bits per heavy atom. The van der Waals surface area contributed by atoms with Gasteiger partial charge in [-0.1, -0.05) is 27.7 Å². The molecule has 2 N–H and O–H groups in total. The minimum absolute atomic E-state index is 0.507. The first kappa shape index (κ1) is 17.9.